The quantitative estimate of drug-likeness (QED) is 0.437. The molecule has 7 nitrogen and oxygen atoms in total. The average molecular weight is 350 g/mol. The summed E-state index contributed by atoms with van der Waals surface area (Å²) < 4.78 is 30.3. The zero-order valence-electron chi connectivity index (χ0n) is 12.0. The third-order valence-electron chi connectivity index (χ3n) is 4.05. The molecule has 0 aromatic heterocycles. The van der Waals surface area contributed by atoms with Gasteiger partial charge < -0.3 is 10.2 Å². The molecular formula is C12H23KO7S. The first-order valence-electron chi connectivity index (χ1n) is 6.41. The van der Waals surface area contributed by atoms with Crippen LogP contribution < -0.4 is 0 Å². The number of hydrogen-bond donors (Lipinski definition) is 3. The molecule has 4 atom stereocenters. The van der Waals surface area contributed by atoms with Crippen LogP contribution in [0, 0.1) is 17.8 Å². The molecule has 0 bridgehead atoms. The Morgan fingerprint density at radius 1 is 1.10 bits per heavy atom. The van der Waals surface area contributed by atoms with E-state index in [0.29, 0.717) is 0 Å². The Kier molecular flexibility index (Phi) is 10.1. The number of carboxylic acid groups (broad SMARTS) is 2. The average Bonchev–Trinajstić information content (AvgIpc) is 2.31. The maximum absolute atomic E-state index is 11.8. The van der Waals surface area contributed by atoms with Crippen LogP contribution in [0.2, 0.25) is 0 Å². The minimum atomic E-state index is -5.12. The van der Waals surface area contributed by atoms with Gasteiger partial charge in [0.2, 0.25) is 4.75 Å². The first kappa shape index (κ1) is 23.7. The summed E-state index contributed by atoms with van der Waals surface area (Å²) in [6.07, 6.45) is 0.379. The Hall–Kier alpha value is 0.486. The molecule has 0 saturated carbocycles. The molecule has 0 fully saturated rings. The van der Waals surface area contributed by atoms with Crippen LogP contribution in [0.3, 0.4) is 0 Å². The van der Waals surface area contributed by atoms with E-state index in [1.807, 2.05) is 0 Å². The van der Waals surface area contributed by atoms with Crippen molar-refractivity contribution >= 4 is 73.4 Å². The molecule has 0 spiro atoms. The van der Waals surface area contributed by atoms with Gasteiger partial charge in [0, 0.05) is 0 Å². The Labute approximate surface area is 167 Å². The molecule has 0 aliphatic carbocycles. The predicted molar refractivity (Wildman–Crippen MR) is 79.1 cm³/mol. The van der Waals surface area contributed by atoms with Gasteiger partial charge in [-0.2, -0.15) is 8.42 Å². The molecule has 4 unspecified atom stereocenters. The fourth-order valence-corrected chi connectivity index (χ4v) is 4.11. The van der Waals surface area contributed by atoms with Gasteiger partial charge >= 0.3 is 63.3 Å². The van der Waals surface area contributed by atoms with Crippen molar-refractivity contribution in [2.45, 2.75) is 45.3 Å². The van der Waals surface area contributed by atoms with Crippen LogP contribution in [0.4, 0.5) is 0 Å². The van der Waals surface area contributed by atoms with Gasteiger partial charge in [0.05, 0.1) is 5.92 Å². The van der Waals surface area contributed by atoms with Crippen molar-refractivity contribution in [2.24, 2.45) is 17.8 Å². The Bertz CT molecular complexity index is 476. The molecule has 0 amide bonds. The van der Waals surface area contributed by atoms with Gasteiger partial charge in [-0.25, -0.2) is 0 Å². The van der Waals surface area contributed by atoms with Crippen molar-refractivity contribution in [1.82, 2.24) is 0 Å². The molecule has 0 heterocycles. The monoisotopic (exact) mass is 350 g/mol. The zero-order valence-corrected chi connectivity index (χ0v) is 12.8. The fourth-order valence-electron chi connectivity index (χ4n) is 2.56. The van der Waals surface area contributed by atoms with E-state index in [1.54, 1.807) is 13.8 Å². The molecule has 0 aliphatic heterocycles. The van der Waals surface area contributed by atoms with E-state index in [-0.39, 0.29) is 64.2 Å². The van der Waals surface area contributed by atoms with Crippen molar-refractivity contribution in [3.63, 3.8) is 0 Å². The number of carbonyl (C=O) groups is 2. The summed E-state index contributed by atoms with van der Waals surface area (Å²) in [4.78, 5) is 23.1. The first-order valence-corrected chi connectivity index (χ1v) is 7.85. The second kappa shape index (κ2) is 8.95. The SMILES string of the molecule is CCC(C)C(C(=O)O)C(C(=O)O)(C(C)CC)S(=O)(=O)O.[KH]. The molecular weight excluding hydrogens is 327 g/mol. The summed E-state index contributed by atoms with van der Waals surface area (Å²) in [5, 5.41) is 18.8. The number of hydrogen-bond acceptors (Lipinski definition) is 4. The van der Waals surface area contributed by atoms with Crippen LogP contribution in [-0.4, -0.2) is 91.3 Å². The second-order valence-electron chi connectivity index (χ2n) is 5.08. The standard InChI is InChI=1S/C12H22O7S.K.H/c1-5-7(3)9(10(13)14)12(11(15)16,8(4)6-2)20(17,18)19;;/h7-9H,5-6H2,1-4H3,(H,13,14)(H,15,16)(H,17,18,19);;. The zero-order chi connectivity index (χ0) is 16.3. The summed E-state index contributed by atoms with van der Waals surface area (Å²) >= 11 is 0. The van der Waals surface area contributed by atoms with Gasteiger partial charge in [-0.15, -0.1) is 0 Å². The van der Waals surface area contributed by atoms with E-state index in [2.05, 4.69) is 0 Å². The van der Waals surface area contributed by atoms with Gasteiger partial charge in [0.25, 0.3) is 10.1 Å². The van der Waals surface area contributed by atoms with Crippen LogP contribution in [0.1, 0.15) is 40.5 Å². The van der Waals surface area contributed by atoms with E-state index in [1.165, 1.54) is 13.8 Å². The van der Waals surface area contributed by atoms with Crippen molar-refractivity contribution in [3.05, 3.63) is 0 Å². The van der Waals surface area contributed by atoms with E-state index in [0.717, 1.165) is 0 Å². The molecule has 0 rings (SSSR count). The summed E-state index contributed by atoms with van der Waals surface area (Å²) in [5.41, 5.74) is 0. The minimum absolute atomic E-state index is 0. The van der Waals surface area contributed by atoms with Gasteiger partial charge in [-0.05, 0) is 11.8 Å². The molecule has 120 valence electrons. The molecule has 0 saturated heterocycles. The van der Waals surface area contributed by atoms with Gasteiger partial charge in [-0.1, -0.05) is 40.5 Å². The molecule has 0 radical (unpaired) electrons. The molecule has 9 heteroatoms. The fraction of sp³-hybridized carbons (Fsp3) is 0.833. The van der Waals surface area contributed by atoms with E-state index in [9.17, 15) is 32.8 Å². The summed E-state index contributed by atoms with van der Waals surface area (Å²) in [6, 6.07) is 0. The molecule has 0 aliphatic rings. The van der Waals surface area contributed by atoms with Crippen molar-refractivity contribution < 1.29 is 32.8 Å². The summed E-state index contributed by atoms with van der Waals surface area (Å²) in [7, 11) is -5.12. The second-order valence-corrected chi connectivity index (χ2v) is 6.71. The van der Waals surface area contributed by atoms with Crippen LogP contribution in [0.25, 0.3) is 0 Å². The van der Waals surface area contributed by atoms with Gasteiger partial charge in [-0.3, -0.25) is 14.1 Å². The Morgan fingerprint density at radius 3 is 1.71 bits per heavy atom. The van der Waals surface area contributed by atoms with Crippen molar-refractivity contribution in [3.8, 4) is 0 Å². The van der Waals surface area contributed by atoms with Crippen molar-refractivity contribution in [1.29, 1.82) is 0 Å². The first-order chi connectivity index (χ1) is 8.98. The Balaban J connectivity index is 0. The van der Waals surface area contributed by atoms with Crippen molar-refractivity contribution in [2.75, 3.05) is 0 Å². The third kappa shape index (κ3) is 4.49. The van der Waals surface area contributed by atoms with Crippen LogP contribution in [0.15, 0.2) is 0 Å². The molecule has 3 N–H and O–H groups in total. The third-order valence-corrected chi connectivity index (χ3v) is 5.73. The van der Waals surface area contributed by atoms with E-state index >= 15 is 0 Å². The topological polar surface area (TPSA) is 129 Å². The van der Waals surface area contributed by atoms with Crippen LogP contribution in [0.5, 0.6) is 0 Å². The number of aliphatic carboxylic acids is 2. The molecule has 0 aromatic rings. The number of carboxylic acids is 2. The van der Waals surface area contributed by atoms with Gasteiger partial charge in [0.15, 0.2) is 0 Å². The maximum atomic E-state index is 11.8. The Morgan fingerprint density at radius 2 is 1.52 bits per heavy atom. The summed E-state index contributed by atoms with van der Waals surface area (Å²) in [5.74, 6) is -6.87. The van der Waals surface area contributed by atoms with Crippen LogP contribution in [-0.2, 0) is 19.7 Å². The predicted octanol–water partition coefficient (Wildman–Crippen LogP) is 0.842. The normalized spacial score (nSPS) is 18.7. The van der Waals surface area contributed by atoms with E-state index < -0.39 is 44.6 Å². The van der Waals surface area contributed by atoms with Crippen LogP contribution >= 0.6 is 0 Å². The van der Waals surface area contributed by atoms with E-state index in [4.69, 9.17) is 0 Å². The molecule has 0 aromatic carbocycles. The summed E-state index contributed by atoms with van der Waals surface area (Å²) in [6.45, 7) is 5.96. The van der Waals surface area contributed by atoms with Gasteiger partial charge in [0.1, 0.15) is 0 Å². The number of rotatable bonds is 8. The molecule has 21 heavy (non-hydrogen) atoms.